The number of methoxy groups -OCH3 is 1. The summed E-state index contributed by atoms with van der Waals surface area (Å²) in [6.45, 7) is 0.639. The van der Waals surface area contributed by atoms with E-state index in [2.05, 4.69) is 9.97 Å². The Morgan fingerprint density at radius 3 is 2.63 bits per heavy atom. The number of rotatable bonds is 4. The first-order valence-electron chi connectivity index (χ1n) is 5.83. The molecule has 0 spiro atoms. The molecule has 0 aliphatic rings. The summed E-state index contributed by atoms with van der Waals surface area (Å²) >= 11 is 0. The molecule has 2 rings (SSSR count). The molecule has 4 N–H and O–H groups in total. The van der Waals surface area contributed by atoms with E-state index in [9.17, 15) is 0 Å². The smallest absolute Gasteiger partial charge is 0.223 e. The summed E-state index contributed by atoms with van der Waals surface area (Å²) in [5.41, 5.74) is 12.3. The Labute approximate surface area is 112 Å². The highest BCUT2D eigenvalue weighted by atomic mass is 16.5. The van der Waals surface area contributed by atoms with Crippen LogP contribution < -0.4 is 21.1 Å². The molecule has 100 valence electrons. The van der Waals surface area contributed by atoms with Gasteiger partial charge in [0, 0.05) is 25.2 Å². The van der Waals surface area contributed by atoms with Crippen molar-refractivity contribution < 1.29 is 4.74 Å². The van der Waals surface area contributed by atoms with Gasteiger partial charge in [-0.25, -0.2) is 0 Å². The summed E-state index contributed by atoms with van der Waals surface area (Å²) in [5.74, 6) is 2.04. The zero-order chi connectivity index (χ0) is 13.8. The summed E-state index contributed by atoms with van der Waals surface area (Å²) in [6, 6.07) is 9.51. The third-order valence-corrected chi connectivity index (χ3v) is 2.74. The van der Waals surface area contributed by atoms with Gasteiger partial charge in [-0.05, 0) is 6.07 Å². The second-order valence-electron chi connectivity index (χ2n) is 4.18. The number of ether oxygens (including phenoxy) is 1. The fourth-order valence-electron chi connectivity index (χ4n) is 1.84. The van der Waals surface area contributed by atoms with Crippen LogP contribution in [0.1, 0.15) is 5.56 Å². The average molecular weight is 259 g/mol. The van der Waals surface area contributed by atoms with Gasteiger partial charge in [-0.2, -0.15) is 9.97 Å². The molecule has 0 fully saturated rings. The number of nitrogens with zero attached hydrogens (tertiary/aromatic N) is 3. The molecule has 0 saturated carbocycles. The Kier molecular flexibility index (Phi) is 3.70. The van der Waals surface area contributed by atoms with Crippen LogP contribution in [0.15, 0.2) is 30.3 Å². The van der Waals surface area contributed by atoms with Crippen LogP contribution in [0.4, 0.5) is 17.6 Å². The second kappa shape index (κ2) is 5.43. The van der Waals surface area contributed by atoms with E-state index in [-0.39, 0.29) is 5.95 Å². The number of para-hydroxylation sites is 1. The average Bonchev–Trinajstić information content (AvgIpc) is 2.38. The van der Waals surface area contributed by atoms with Gasteiger partial charge in [0.15, 0.2) is 0 Å². The Bertz CT molecular complexity index is 552. The minimum atomic E-state index is 0.168. The molecule has 0 aliphatic carbocycles. The molecule has 0 saturated heterocycles. The molecule has 0 aliphatic heterocycles. The van der Waals surface area contributed by atoms with Crippen molar-refractivity contribution in [2.45, 2.75) is 6.54 Å². The van der Waals surface area contributed by atoms with Crippen molar-refractivity contribution in [2.75, 3.05) is 30.5 Å². The van der Waals surface area contributed by atoms with Gasteiger partial charge >= 0.3 is 0 Å². The fourth-order valence-corrected chi connectivity index (χ4v) is 1.84. The number of hydrogen-bond donors (Lipinski definition) is 2. The Hall–Kier alpha value is -2.50. The molecule has 1 heterocycles. The van der Waals surface area contributed by atoms with E-state index in [0.717, 1.165) is 11.3 Å². The van der Waals surface area contributed by atoms with Crippen LogP contribution in [0, 0.1) is 0 Å². The number of nitrogen functional groups attached to an aromatic ring is 2. The first-order chi connectivity index (χ1) is 9.10. The van der Waals surface area contributed by atoms with Gasteiger partial charge in [0.2, 0.25) is 5.95 Å². The minimum Gasteiger partial charge on any atom is -0.496 e. The maximum absolute atomic E-state index is 5.66. The SMILES string of the molecule is COc1ccccc1CN(C)c1cc(N)nc(N)n1. The van der Waals surface area contributed by atoms with Crippen LogP contribution in [0.3, 0.4) is 0 Å². The number of benzene rings is 1. The molecule has 0 unspecified atom stereocenters. The predicted octanol–water partition coefficient (Wildman–Crippen LogP) is 1.29. The van der Waals surface area contributed by atoms with Gasteiger partial charge in [-0.3, -0.25) is 0 Å². The van der Waals surface area contributed by atoms with Crippen LogP contribution in [-0.4, -0.2) is 24.1 Å². The lowest BCUT2D eigenvalue weighted by Crippen LogP contribution is -2.19. The summed E-state index contributed by atoms with van der Waals surface area (Å²) in [4.78, 5) is 9.94. The van der Waals surface area contributed by atoms with Crippen LogP contribution in [-0.2, 0) is 6.54 Å². The standard InChI is InChI=1S/C13H17N5O/c1-18(12-7-11(14)16-13(15)17-12)8-9-5-3-4-6-10(9)19-2/h3-7H,8H2,1-2H3,(H4,14,15,16,17). The number of nitrogens with two attached hydrogens (primary N) is 2. The largest absolute Gasteiger partial charge is 0.496 e. The Balaban J connectivity index is 2.22. The van der Waals surface area contributed by atoms with E-state index in [1.54, 1.807) is 13.2 Å². The van der Waals surface area contributed by atoms with Crippen LogP contribution in [0.25, 0.3) is 0 Å². The molecule has 0 atom stereocenters. The highest BCUT2D eigenvalue weighted by molar-refractivity contribution is 5.50. The normalized spacial score (nSPS) is 10.2. The van der Waals surface area contributed by atoms with Gasteiger partial charge < -0.3 is 21.1 Å². The predicted molar refractivity (Wildman–Crippen MR) is 76.0 cm³/mol. The minimum absolute atomic E-state index is 0.168. The molecule has 6 nitrogen and oxygen atoms in total. The number of anilines is 3. The summed E-state index contributed by atoms with van der Waals surface area (Å²) in [5, 5.41) is 0. The van der Waals surface area contributed by atoms with Crippen molar-refractivity contribution in [3.05, 3.63) is 35.9 Å². The molecule has 0 bridgehead atoms. The highest BCUT2D eigenvalue weighted by Gasteiger charge is 2.09. The lowest BCUT2D eigenvalue weighted by molar-refractivity contribution is 0.409. The molecular formula is C13H17N5O. The molecule has 0 radical (unpaired) electrons. The lowest BCUT2D eigenvalue weighted by atomic mass is 10.2. The van der Waals surface area contributed by atoms with Gasteiger partial charge in [0.25, 0.3) is 0 Å². The molecule has 1 aromatic heterocycles. The maximum atomic E-state index is 5.66. The number of aromatic nitrogens is 2. The van der Waals surface area contributed by atoms with E-state index < -0.39 is 0 Å². The lowest BCUT2D eigenvalue weighted by Gasteiger charge is -2.20. The number of hydrogen-bond acceptors (Lipinski definition) is 6. The summed E-state index contributed by atoms with van der Waals surface area (Å²) in [6.07, 6.45) is 0. The molecule has 1 aromatic carbocycles. The van der Waals surface area contributed by atoms with Crippen molar-refractivity contribution >= 4 is 17.6 Å². The topological polar surface area (TPSA) is 90.3 Å². The highest BCUT2D eigenvalue weighted by Crippen LogP contribution is 2.22. The third-order valence-electron chi connectivity index (χ3n) is 2.74. The van der Waals surface area contributed by atoms with Crippen molar-refractivity contribution in [2.24, 2.45) is 0 Å². The molecule has 0 amide bonds. The molecule has 6 heteroatoms. The molecule has 19 heavy (non-hydrogen) atoms. The quantitative estimate of drug-likeness (QED) is 0.859. The van der Waals surface area contributed by atoms with Crippen molar-refractivity contribution in [1.82, 2.24) is 9.97 Å². The Morgan fingerprint density at radius 2 is 1.95 bits per heavy atom. The summed E-state index contributed by atoms with van der Waals surface area (Å²) in [7, 11) is 3.56. The van der Waals surface area contributed by atoms with Gasteiger partial charge in [0.1, 0.15) is 17.4 Å². The molecule has 2 aromatic rings. The van der Waals surface area contributed by atoms with Gasteiger partial charge in [-0.1, -0.05) is 18.2 Å². The van der Waals surface area contributed by atoms with E-state index in [4.69, 9.17) is 16.2 Å². The third kappa shape index (κ3) is 3.04. The van der Waals surface area contributed by atoms with E-state index in [1.165, 1.54) is 0 Å². The maximum Gasteiger partial charge on any atom is 0.223 e. The first kappa shape index (κ1) is 12.9. The van der Waals surface area contributed by atoms with Crippen LogP contribution >= 0.6 is 0 Å². The van der Waals surface area contributed by atoms with Crippen LogP contribution in [0.5, 0.6) is 5.75 Å². The monoisotopic (exact) mass is 259 g/mol. The van der Waals surface area contributed by atoms with E-state index >= 15 is 0 Å². The summed E-state index contributed by atoms with van der Waals surface area (Å²) < 4.78 is 5.32. The van der Waals surface area contributed by atoms with Crippen molar-refractivity contribution in [3.63, 3.8) is 0 Å². The zero-order valence-electron chi connectivity index (χ0n) is 11.0. The first-order valence-corrected chi connectivity index (χ1v) is 5.83. The second-order valence-corrected chi connectivity index (χ2v) is 4.18. The van der Waals surface area contributed by atoms with Gasteiger partial charge in [-0.15, -0.1) is 0 Å². The van der Waals surface area contributed by atoms with Crippen molar-refractivity contribution in [1.29, 1.82) is 0 Å². The van der Waals surface area contributed by atoms with Crippen molar-refractivity contribution in [3.8, 4) is 5.75 Å². The zero-order valence-corrected chi connectivity index (χ0v) is 11.0. The van der Waals surface area contributed by atoms with E-state index in [0.29, 0.717) is 18.2 Å². The Morgan fingerprint density at radius 1 is 1.21 bits per heavy atom. The van der Waals surface area contributed by atoms with Crippen LogP contribution in [0.2, 0.25) is 0 Å². The van der Waals surface area contributed by atoms with E-state index in [1.807, 2.05) is 36.2 Å². The fraction of sp³-hybridized carbons (Fsp3) is 0.231. The molecular weight excluding hydrogens is 242 g/mol. The van der Waals surface area contributed by atoms with Gasteiger partial charge in [0.05, 0.1) is 7.11 Å².